The SMILES string of the molecule is C=C(/C=C/CC[C@H](C)[C@@H]1CC[C@@H]2[C@H]3CC[C@H]4C[C@@H](O)CC[C@@]4(C)[C@@H]3CC[C@]21C)C1=C(CCCC)C(=O)O[C@]1(C)c1ccccc1. The number of rotatable bonds is 10. The lowest BCUT2D eigenvalue weighted by Crippen LogP contribution is -2.54. The number of benzene rings is 1. The highest BCUT2D eigenvalue weighted by molar-refractivity contribution is 5.95. The minimum absolute atomic E-state index is 0.0568. The highest BCUT2D eigenvalue weighted by atomic mass is 16.6. The number of aliphatic hydroxyl groups excluding tert-OH is 1. The largest absolute Gasteiger partial charge is 0.446 e. The second kappa shape index (κ2) is 12.8. The number of unbranched alkanes of at least 4 members (excludes halogenated alkanes) is 1. The van der Waals surface area contributed by atoms with Crippen molar-refractivity contribution in [1.29, 1.82) is 0 Å². The van der Waals surface area contributed by atoms with Crippen molar-refractivity contribution in [2.45, 2.75) is 136 Å². The number of carbonyl (C=O) groups excluding carboxylic acids is 1. The molecule has 0 bridgehead atoms. The van der Waals surface area contributed by atoms with Crippen molar-refractivity contribution in [2.75, 3.05) is 0 Å². The molecule has 0 amide bonds. The fourth-order valence-corrected chi connectivity index (χ4v) is 11.8. The van der Waals surface area contributed by atoms with Crippen LogP contribution < -0.4 is 0 Å². The fourth-order valence-electron chi connectivity index (χ4n) is 11.8. The summed E-state index contributed by atoms with van der Waals surface area (Å²) in [5.74, 6) is 4.71. The Balaban J connectivity index is 1.11. The molecule has 6 rings (SSSR count). The number of ether oxygens (including phenoxy) is 1. The van der Waals surface area contributed by atoms with Crippen LogP contribution in [0.5, 0.6) is 0 Å². The van der Waals surface area contributed by atoms with Gasteiger partial charge < -0.3 is 9.84 Å². The van der Waals surface area contributed by atoms with Crippen LogP contribution in [-0.2, 0) is 15.1 Å². The van der Waals surface area contributed by atoms with E-state index in [0.29, 0.717) is 16.7 Å². The first-order chi connectivity index (χ1) is 21.5. The summed E-state index contributed by atoms with van der Waals surface area (Å²) in [6, 6.07) is 10.2. The summed E-state index contributed by atoms with van der Waals surface area (Å²) in [5, 5.41) is 10.4. The maximum Gasteiger partial charge on any atom is 0.335 e. The quantitative estimate of drug-likeness (QED) is 0.211. The number of aliphatic hydroxyl groups is 1. The van der Waals surface area contributed by atoms with E-state index in [1.54, 1.807) is 0 Å². The molecule has 3 nitrogen and oxygen atoms in total. The van der Waals surface area contributed by atoms with Gasteiger partial charge in [-0.15, -0.1) is 0 Å². The van der Waals surface area contributed by atoms with Crippen LogP contribution in [0.25, 0.3) is 0 Å². The molecule has 246 valence electrons. The van der Waals surface area contributed by atoms with Gasteiger partial charge in [-0.1, -0.05) is 83.2 Å². The molecule has 4 aliphatic carbocycles. The van der Waals surface area contributed by atoms with Crippen molar-refractivity contribution in [1.82, 2.24) is 0 Å². The lowest BCUT2D eigenvalue weighted by atomic mass is 9.44. The molecule has 1 aliphatic heterocycles. The van der Waals surface area contributed by atoms with Gasteiger partial charge in [0.1, 0.15) is 0 Å². The van der Waals surface area contributed by atoms with Crippen LogP contribution in [-0.4, -0.2) is 17.2 Å². The molecule has 1 aromatic rings. The first kappa shape index (κ1) is 32.8. The van der Waals surface area contributed by atoms with Gasteiger partial charge >= 0.3 is 5.97 Å². The maximum absolute atomic E-state index is 13.1. The van der Waals surface area contributed by atoms with Gasteiger partial charge in [-0.3, -0.25) is 0 Å². The van der Waals surface area contributed by atoms with E-state index < -0.39 is 5.60 Å². The molecule has 0 spiro atoms. The fraction of sp³-hybridized carbons (Fsp3) is 0.690. The van der Waals surface area contributed by atoms with E-state index >= 15 is 0 Å². The van der Waals surface area contributed by atoms with E-state index in [0.717, 1.165) is 90.4 Å². The molecule has 3 heteroatoms. The molecular weight excluding hydrogens is 552 g/mol. The van der Waals surface area contributed by atoms with Gasteiger partial charge in [-0.25, -0.2) is 4.79 Å². The van der Waals surface area contributed by atoms with E-state index in [2.05, 4.69) is 58.6 Å². The van der Waals surface area contributed by atoms with Gasteiger partial charge in [0.2, 0.25) is 0 Å². The Hall–Kier alpha value is -2.13. The summed E-state index contributed by atoms with van der Waals surface area (Å²) >= 11 is 0. The Morgan fingerprint density at radius 1 is 1.02 bits per heavy atom. The topological polar surface area (TPSA) is 46.5 Å². The summed E-state index contributed by atoms with van der Waals surface area (Å²) in [6.07, 6.45) is 21.1. The Morgan fingerprint density at radius 3 is 2.51 bits per heavy atom. The summed E-state index contributed by atoms with van der Waals surface area (Å²) in [7, 11) is 0. The Morgan fingerprint density at radius 2 is 1.76 bits per heavy atom. The molecule has 1 N–H and O–H groups in total. The van der Waals surface area contributed by atoms with Crippen LogP contribution in [0.2, 0.25) is 0 Å². The lowest BCUT2D eigenvalue weighted by molar-refractivity contribution is -0.146. The second-order valence-electron chi connectivity index (χ2n) is 16.5. The van der Waals surface area contributed by atoms with Crippen LogP contribution >= 0.6 is 0 Å². The first-order valence-electron chi connectivity index (χ1n) is 18.6. The van der Waals surface area contributed by atoms with Crippen molar-refractivity contribution in [3.8, 4) is 0 Å². The molecule has 0 saturated heterocycles. The third-order valence-corrected chi connectivity index (χ3v) is 14.3. The molecular formula is C42H60O3. The zero-order valence-corrected chi connectivity index (χ0v) is 29.0. The minimum atomic E-state index is -0.796. The molecule has 5 aliphatic rings. The molecule has 4 fully saturated rings. The summed E-state index contributed by atoms with van der Waals surface area (Å²) < 4.78 is 6.11. The monoisotopic (exact) mass is 612 g/mol. The standard InChI is InChI=1S/C42H60O3/c1-7-8-18-34-38(42(6,45-39(34)44)30-16-10-9-11-17-30)29(3)15-13-12-14-28(2)35-21-22-36-33-20-19-31-27-32(43)23-25-40(31,4)37(33)24-26-41(35,36)5/h9-11,13,15-17,28,31-33,35-37,43H,3,7-8,12,14,18-27H2,1-2,4-6H3/b15-13+/t28-,31-,32-,33+,35-,36+,37+,40+,41-,42+/m0/s1. The van der Waals surface area contributed by atoms with E-state index in [4.69, 9.17) is 4.74 Å². The van der Waals surface area contributed by atoms with Crippen LogP contribution in [0.4, 0.5) is 0 Å². The lowest BCUT2D eigenvalue weighted by Gasteiger charge is -2.61. The Bertz CT molecular complexity index is 1310. The van der Waals surface area contributed by atoms with Gasteiger partial charge in [0, 0.05) is 11.1 Å². The summed E-state index contributed by atoms with van der Waals surface area (Å²) in [5.41, 5.74) is 3.83. The number of hydrogen-bond acceptors (Lipinski definition) is 3. The number of esters is 1. The van der Waals surface area contributed by atoms with Crippen molar-refractivity contribution in [3.63, 3.8) is 0 Å². The number of carbonyl (C=O) groups is 1. The van der Waals surface area contributed by atoms with Gasteiger partial charge in [-0.05, 0) is 148 Å². The Kier molecular flexibility index (Phi) is 9.34. The van der Waals surface area contributed by atoms with E-state index in [1.807, 2.05) is 25.1 Å². The molecule has 45 heavy (non-hydrogen) atoms. The second-order valence-corrected chi connectivity index (χ2v) is 16.5. The van der Waals surface area contributed by atoms with Gasteiger partial charge in [-0.2, -0.15) is 0 Å². The predicted molar refractivity (Wildman–Crippen MR) is 184 cm³/mol. The zero-order valence-electron chi connectivity index (χ0n) is 29.0. The van der Waals surface area contributed by atoms with Crippen molar-refractivity contribution in [3.05, 3.63) is 71.3 Å². The first-order valence-corrected chi connectivity index (χ1v) is 18.6. The normalized spacial score (nSPS) is 40.2. The van der Waals surface area contributed by atoms with Crippen molar-refractivity contribution in [2.24, 2.45) is 46.3 Å². The van der Waals surface area contributed by atoms with Gasteiger partial charge in [0.25, 0.3) is 0 Å². The van der Waals surface area contributed by atoms with Crippen LogP contribution in [0.1, 0.15) is 130 Å². The van der Waals surface area contributed by atoms with Crippen LogP contribution in [0.15, 0.2) is 65.8 Å². The van der Waals surface area contributed by atoms with Gasteiger partial charge in [0.15, 0.2) is 5.60 Å². The number of cyclic esters (lactones) is 1. The molecule has 1 heterocycles. The highest BCUT2D eigenvalue weighted by Gasteiger charge is 2.60. The average molecular weight is 613 g/mol. The third kappa shape index (κ3) is 5.72. The number of fused-ring (bicyclic) bond motifs is 5. The summed E-state index contributed by atoms with van der Waals surface area (Å²) in [6.45, 7) is 16.5. The van der Waals surface area contributed by atoms with E-state index in [-0.39, 0.29) is 12.1 Å². The third-order valence-electron chi connectivity index (χ3n) is 14.3. The van der Waals surface area contributed by atoms with Crippen LogP contribution in [0, 0.1) is 46.3 Å². The molecule has 4 saturated carbocycles. The van der Waals surface area contributed by atoms with E-state index in [1.165, 1.54) is 51.4 Å². The number of allylic oxidation sites excluding steroid dienone is 2. The smallest absolute Gasteiger partial charge is 0.335 e. The molecule has 10 atom stereocenters. The van der Waals surface area contributed by atoms with Crippen molar-refractivity contribution < 1.29 is 14.6 Å². The zero-order chi connectivity index (χ0) is 32.0. The highest BCUT2D eigenvalue weighted by Crippen LogP contribution is 2.68. The number of hydrogen-bond donors (Lipinski definition) is 1. The summed E-state index contributed by atoms with van der Waals surface area (Å²) in [4.78, 5) is 13.1. The Labute approximate surface area is 274 Å². The van der Waals surface area contributed by atoms with Crippen LogP contribution in [0.3, 0.4) is 0 Å². The molecule has 1 aromatic carbocycles. The molecule has 0 radical (unpaired) electrons. The van der Waals surface area contributed by atoms with Crippen molar-refractivity contribution >= 4 is 5.97 Å². The molecule has 0 unspecified atom stereocenters. The van der Waals surface area contributed by atoms with E-state index in [9.17, 15) is 9.90 Å². The maximum atomic E-state index is 13.1. The minimum Gasteiger partial charge on any atom is -0.446 e. The molecule has 0 aromatic heterocycles. The predicted octanol–water partition coefficient (Wildman–Crippen LogP) is 10.5. The average Bonchev–Trinajstić information content (AvgIpc) is 3.52. The van der Waals surface area contributed by atoms with Gasteiger partial charge in [0.05, 0.1) is 6.10 Å².